The summed E-state index contributed by atoms with van der Waals surface area (Å²) in [5.74, 6) is -1.15. The Morgan fingerprint density at radius 3 is 1.37 bits per heavy atom. The molecule has 3 heterocycles. The van der Waals surface area contributed by atoms with Crippen molar-refractivity contribution in [2.24, 2.45) is 11.8 Å². The number of amides is 2. The lowest BCUT2D eigenvalue weighted by Crippen LogP contribution is -2.40. The van der Waals surface area contributed by atoms with Gasteiger partial charge in [0.25, 0.3) is 11.8 Å². The molecule has 0 N–H and O–H groups in total. The first kappa shape index (κ1) is 24.1. The van der Waals surface area contributed by atoms with Crippen LogP contribution in [0.15, 0.2) is 4.42 Å². The van der Waals surface area contributed by atoms with Crippen molar-refractivity contribution >= 4 is 23.4 Å². The minimum atomic E-state index is -0.435. The molecule has 0 aromatic carbocycles. The van der Waals surface area contributed by atoms with E-state index in [1.807, 2.05) is 0 Å². The number of likely N-dealkylation sites (tertiary alicyclic amines) is 2. The zero-order valence-corrected chi connectivity index (χ0v) is 20.5. The van der Waals surface area contributed by atoms with Crippen LogP contribution in [0.25, 0.3) is 0 Å². The van der Waals surface area contributed by atoms with Crippen LogP contribution >= 0.6 is 0 Å². The topological polar surface area (TPSA) is 114 Å². The Kier molecular flexibility index (Phi) is 7.29. The monoisotopic (exact) mass is 484 g/mol. The number of rotatable bonds is 6. The van der Waals surface area contributed by atoms with Crippen molar-refractivity contribution in [2.45, 2.75) is 102 Å². The number of ketones is 2. The Balaban J connectivity index is 1.27. The van der Waals surface area contributed by atoms with E-state index in [4.69, 9.17) is 4.42 Å². The fraction of sp³-hybridized carbons (Fsp3) is 0.769. The fourth-order valence-electron chi connectivity index (χ4n) is 6.41. The lowest BCUT2D eigenvalue weighted by atomic mass is 9.86. The molecule has 2 aliphatic carbocycles. The van der Waals surface area contributed by atoms with E-state index in [-0.39, 0.29) is 23.4 Å². The molecule has 0 bridgehead atoms. The molecule has 0 radical (unpaired) electrons. The predicted octanol–water partition coefficient (Wildman–Crippen LogP) is 3.70. The molecule has 9 heteroatoms. The Labute approximate surface area is 206 Å². The average molecular weight is 485 g/mol. The zero-order chi connectivity index (χ0) is 24.4. The summed E-state index contributed by atoms with van der Waals surface area (Å²) in [5.41, 5.74) is 0. The number of hydrogen-bond donors (Lipinski definition) is 0. The highest BCUT2D eigenvalue weighted by Gasteiger charge is 2.42. The number of hydrogen-bond acceptors (Lipinski definition) is 7. The molecule has 190 valence electrons. The van der Waals surface area contributed by atoms with Gasteiger partial charge in [0.05, 0.1) is 0 Å². The maximum atomic E-state index is 13.1. The average Bonchev–Trinajstić information content (AvgIpc) is 3.68. The molecule has 2 saturated heterocycles. The van der Waals surface area contributed by atoms with Gasteiger partial charge in [0, 0.05) is 24.9 Å². The molecule has 4 aliphatic rings. The van der Waals surface area contributed by atoms with Gasteiger partial charge in [-0.3, -0.25) is 19.2 Å². The normalized spacial score (nSPS) is 26.3. The molecule has 1 aromatic rings. The summed E-state index contributed by atoms with van der Waals surface area (Å²) in [6.45, 7) is 1.01. The summed E-state index contributed by atoms with van der Waals surface area (Å²) in [7, 11) is 0. The van der Waals surface area contributed by atoms with E-state index in [9.17, 15) is 19.2 Å². The van der Waals surface area contributed by atoms with E-state index in [1.54, 1.807) is 9.80 Å². The fourth-order valence-corrected chi connectivity index (χ4v) is 6.41. The summed E-state index contributed by atoms with van der Waals surface area (Å²) in [6.07, 6.45) is 12.3. The van der Waals surface area contributed by atoms with Gasteiger partial charge in [-0.25, -0.2) is 0 Å². The van der Waals surface area contributed by atoms with Gasteiger partial charge in [0.2, 0.25) is 23.3 Å². The van der Waals surface area contributed by atoms with Crippen LogP contribution in [0.4, 0.5) is 0 Å². The lowest BCUT2D eigenvalue weighted by molar-refractivity contribution is -0.148. The first-order valence-electron chi connectivity index (χ1n) is 13.6. The van der Waals surface area contributed by atoms with Crippen molar-refractivity contribution in [3.63, 3.8) is 0 Å². The minimum Gasteiger partial charge on any atom is -0.421 e. The van der Waals surface area contributed by atoms with E-state index >= 15 is 0 Å². The van der Waals surface area contributed by atoms with Crippen LogP contribution < -0.4 is 0 Å². The first-order valence-corrected chi connectivity index (χ1v) is 13.6. The highest BCUT2D eigenvalue weighted by Crippen LogP contribution is 2.37. The Hall–Kier alpha value is -2.58. The maximum absolute atomic E-state index is 13.1. The van der Waals surface area contributed by atoms with Crippen molar-refractivity contribution in [2.75, 3.05) is 13.1 Å². The third-order valence-corrected chi connectivity index (χ3v) is 8.43. The van der Waals surface area contributed by atoms with E-state index in [0.717, 1.165) is 77.0 Å². The van der Waals surface area contributed by atoms with Gasteiger partial charge in [-0.15, -0.1) is 10.2 Å². The standard InChI is InChI=1S/C26H36N4O5/c31-21(17-9-3-1-4-10-17)25(33)29-15-7-13-19(29)23-27-28-24(35-23)20-14-8-16-30(20)26(34)22(32)18-11-5-2-6-12-18/h17-20H,1-16H2/t19-,20-/m0/s1. The summed E-state index contributed by atoms with van der Waals surface area (Å²) < 4.78 is 6.03. The van der Waals surface area contributed by atoms with Crippen LogP contribution in [0.1, 0.15) is 114 Å². The first-order chi connectivity index (χ1) is 17.0. The summed E-state index contributed by atoms with van der Waals surface area (Å²) >= 11 is 0. The number of carbonyl (C=O) groups excluding carboxylic acids is 4. The molecular formula is C26H36N4O5. The number of Topliss-reactive ketones (excluding diaryl/α,β-unsaturated/α-hetero) is 2. The number of aromatic nitrogens is 2. The van der Waals surface area contributed by atoms with Crippen molar-refractivity contribution in [3.05, 3.63) is 11.8 Å². The van der Waals surface area contributed by atoms with Gasteiger partial charge in [-0.2, -0.15) is 0 Å². The van der Waals surface area contributed by atoms with Gasteiger partial charge in [-0.05, 0) is 51.4 Å². The molecule has 5 rings (SSSR count). The van der Waals surface area contributed by atoms with Crippen LogP contribution in [0.3, 0.4) is 0 Å². The molecule has 4 fully saturated rings. The van der Waals surface area contributed by atoms with E-state index in [1.165, 1.54) is 0 Å². The summed E-state index contributed by atoms with van der Waals surface area (Å²) in [5, 5.41) is 8.46. The van der Waals surface area contributed by atoms with Gasteiger partial charge < -0.3 is 14.2 Å². The van der Waals surface area contributed by atoms with Gasteiger partial charge in [0.1, 0.15) is 12.1 Å². The van der Waals surface area contributed by atoms with Gasteiger partial charge in [-0.1, -0.05) is 38.5 Å². The minimum absolute atomic E-state index is 0.171. The van der Waals surface area contributed by atoms with Crippen LogP contribution in [-0.2, 0) is 19.2 Å². The predicted molar refractivity (Wildman–Crippen MR) is 125 cm³/mol. The largest absolute Gasteiger partial charge is 0.421 e. The Morgan fingerprint density at radius 1 is 0.571 bits per heavy atom. The van der Waals surface area contributed by atoms with Crippen LogP contribution in [0, 0.1) is 11.8 Å². The number of nitrogens with zero attached hydrogens (tertiary/aromatic N) is 4. The van der Waals surface area contributed by atoms with Crippen molar-refractivity contribution in [3.8, 4) is 0 Å². The molecule has 9 nitrogen and oxygen atoms in total. The summed E-state index contributed by atoms with van der Waals surface area (Å²) in [6, 6.07) is -0.823. The molecule has 2 atom stereocenters. The van der Waals surface area contributed by atoms with Gasteiger partial charge >= 0.3 is 0 Å². The smallest absolute Gasteiger partial charge is 0.290 e. The highest BCUT2D eigenvalue weighted by molar-refractivity contribution is 6.37. The third-order valence-electron chi connectivity index (χ3n) is 8.43. The third kappa shape index (κ3) is 4.91. The van der Waals surface area contributed by atoms with Crippen LogP contribution in [0.5, 0.6) is 0 Å². The molecule has 2 saturated carbocycles. The van der Waals surface area contributed by atoms with E-state index < -0.39 is 23.9 Å². The second kappa shape index (κ2) is 10.6. The Bertz CT molecular complexity index is 888. The van der Waals surface area contributed by atoms with Crippen molar-refractivity contribution in [1.82, 2.24) is 20.0 Å². The molecule has 35 heavy (non-hydrogen) atoms. The Morgan fingerprint density at radius 2 is 0.971 bits per heavy atom. The number of carbonyl (C=O) groups is 4. The molecular weight excluding hydrogens is 448 g/mol. The zero-order valence-electron chi connectivity index (χ0n) is 20.5. The van der Waals surface area contributed by atoms with Crippen LogP contribution in [-0.4, -0.2) is 56.5 Å². The second-order valence-electron chi connectivity index (χ2n) is 10.7. The van der Waals surface area contributed by atoms with E-state index in [2.05, 4.69) is 10.2 Å². The quantitative estimate of drug-likeness (QED) is 0.566. The van der Waals surface area contributed by atoms with Crippen LogP contribution in [0.2, 0.25) is 0 Å². The molecule has 2 aliphatic heterocycles. The highest BCUT2D eigenvalue weighted by atomic mass is 16.4. The maximum Gasteiger partial charge on any atom is 0.290 e. The molecule has 2 amide bonds. The molecule has 1 aromatic heterocycles. The SMILES string of the molecule is O=C(C(=O)N1CCC[C@H]1c1nnc([C@@H]2CCCN2C(=O)C(=O)C2CCCCC2)o1)C1CCCCC1. The molecule has 0 spiro atoms. The molecule has 0 unspecified atom stereocenters. The summed E-state index contributed by atoms with van der Waals surface area (Å²) in [4.78, 5) is 55.0. The van der Waals surface area contributed by atoms with Gasteiger partial charge in [0.15, 0.2) is 0 Å². The second-order valence-corrected chi connectivity index (χ2v) is 10.7. The van der Waals surface area contributed by atoms with Crippen molar-refractivity contribution < 1.29 is 23.6 Å². The van der Waals surface area contributed by atoms with E-state index in [0.29, 0.717) is 37.7 Å². The lowest BCUT2D eigenvalue weighted by Gasteiger charge is -2.26. The van der Waals surface area contributed by atoms with Crippen molar-refractivity contribution in [1.29, 1.82) is 0 Å².